The largest absolute Gasteiger partial charge is 0.478 e. The number of carbonyl (C=O) groups is 3. The smallest absolute Gasteiger partial charge is 0.416 e. The number of pyridine rings is 1. The van der Waals surface area contributed by atoms with Gasteiger partial charge in [0.1, 0.15) is 5.52 Å². The number of likely N-dealkylation sites (N-methyl/N-ethyl adjacent to an activating group) is 1. The number of nitrogens with zero attached hydrogens (tertiary/aromatic N) is 1. The quantitative estimate of drug-likeness (QED) is 0.592. The van der Waals surface area contributed by atoms with Gasteiger partial charge in [0.2, 0.25) is 0 Å². The van der Waals surface area contributed by atoms with Crippen molar-refractivity contribution in [1.29, 1.82) is 0 Å². The fraction of sp³-hybridized carbons (Fsp3) is 0.158. The van der Waals surface area contributed by atoms with Crippen LogP contribution in [0.25, 0.3) is 27.9 Å². The molecule has 3 rings (SSSR count). The van der Waals surface area contributed by atoms with Gasteiger partial charge in [0.15, 0.2) is 0 Å². The van der Waals surface area contributed by atoms with Gasteiger partial charge in [-0.3, -0.25) is 9.59 Å². The number of carboxylic acids is 1. The number of H-pyrrole nitrogens is 2. The van der Waals surface area contributed by atoms with E-state index in [1.54, 1.807) is 25.1 Å². The molecule has 0 spiro atoms. The Morgan fingerprint density at radius 2 is 2.04 bits per heavy atom. The molecule has 0 saturated carbocycles. The van der Waals surface area contributed by atoms with E-state index in [4.69, 9.17) is 0 Å². The summed E-state index contributed by atoms with van der Waals surface area (Å²) in [6, 6.07) is 4.94. The first-order valence-electron chi connectivity index (χ1n) is 8.35. The maximum Gasteiger partial charge on any atom is 0.416 e. The van der Waals surface area contributed by atoms with Gasteiger partial charge in [-0.25, -0.2) is 14.5 Å². The van der Waals surface area contributed by atoms with Crippen molar-refractivity contribution in [1.82, 2.24) is 14.9 Å². The van der Waals surface area contributed by atoms with Gasteiger partial charge in [0.05, 0.1) is 12.7 Å². The van der Waals surface area contributed by atoms with Crippen molar-refractivity contribution in [2.24, 2.45) is 0 Å². The number of aromatic nitrogens is 2. The monoisotopic (exact) mass is 383 g/mol. The lowest BCUT2D eigenvalue weighted by Crippen LogP contribution is -2.35. The molecule has 0 atom stereocenters. The zero-order chi connectivity index (χ0) is 20.4. The lowest BCUT2D eigenvalue weighted by atomic mass is 10.0. The molecule has 0 saturated heterocycles. The van der Waals surface area contributed by atoms with Gasteiger partial charge in [-0.05, 0) is 30.7 Å². The number of carbonyl (C=O) groups excluding carboxylic acids is 2. The molecule has 0 fully saturated rings. The van der Waals surface area contributed by atoms with E-state index in [0.29, 0.717) is 16.5 Å². The highest BCUT2D eigenvalue weighted by Crippen LogP contribution is 2.26. The molecular weight excluding hydrogens is 366 g/mol. The van der Waals surface area contributed by atoms with E-state index in [-0.39, 0.29) is 23.0 Å². The number of amides is 2. The number of nitrogens with one attached hydrogen (secondary N) is 2. The van der Waals surface area contributed by atoms with E-state index in [1.807, 2.05) is 0 Å². The topological polar surface area (TPSA) is 133 Å². The maximum atomic E-state index is 12.2. The molecule has 1 aromatic carbocycles. The third kappa shape index (κ3) is 3.25. The molecule has 3 aromatic rings. The van der Waals surface area contributed by atoms with Gasteiger partial charge in [-0.15, -0.1) is 0 Å². The van der Waals surface area contributed by atoms with E-state index in [1.165, 1.54) is 25.5 Å². The summed E-state index contributed by atoms with van der Waals surface area (Å²) in [7, 11) is 1.19. The molecule has 2 amide bonds. The summed E-state index contributed by atoms with van der Waals surface area (Å²) >= 11 is 0. The summed E-state index contributed by atoms with van der Waals surface area (Å²) in [5.41, 5.74) is 0.765. The van der Waals surface area contributed by atoms with Gasteiger partial charge in [0.25, 0.3) is 11.5 Å². The number of methoxy groups -OCH3 is 1. The third-order valence-electron chi connectivity index (χ3n) is 4.29. The van der Waals surface area contributed by atoms with Gasteiger partial charge < -0.3 is 19.8 Å². The van der Waals surface area contributed by atoms with Gasteiger partial charge in [-0.1, -0.05) is 6.07 Å². The van der Waals surface area contributed by atoms with Crippen molar-refractivity contribution >= 4 is 45.9 Å². The highest BCUT2D eigenvalue weighted by atomic mass is 16.5. The molecule has 0 unspecified atom stereocenters. The minimum Gasteiger partial charge on any atom is -0.478 e. The van der Waals surface area contributed by atoms with Crippen LogP contribution in [0.1, 0.15) is 22.8 Å². The average molecular weight is 383 g/mol. The number of hydrogen-bond donors (Lipinski definition) is 3. The molecular formula is C19H17N3O6. The molecule has 9 nitrogen and oxygen atoms in total. The zero-order valence-corrected chi connectivity index (χ0v) is 15.1. The van der Waals surface area contributed by atoms with E-state index in [0.717, 1.165) is 4.90 Å². The van der Waals surface area contributed by atoms with E-state index < -0.39 is 23.5 Å². The minimum atomic E-state index is -1.16. The number of ether oxygens (including phenoxy) is 1. The summed E-state index contributed by atoms with van der Waals surface area (Å²) in [5.74, 6) is -1.71. The molecule has 9 heteroatoms. The Balaban J connectivity index is 2.08. The first kappa shape index (κ1) is 18.9. The van der Waals surface area contributed by atoms with E-state index in [2.05, 4.69) is 14.7 Å². The molecule has 3 N–H and O–H groups in total. The van der Waals surface area contributed by atoms with Crippen LogP contribution >= 0.6 is 0 Å². The number of aromatic amines is 2. The SMILES string of the molecule is CCN(C(=O)C=Cc1ccc2[nH]c(=O)c3[nH]cc(C(=O)O)c3c2c1)C(=O)OC. The third-order valence-corrected chi connectivity index (χ3v) is 4.29. The van der Waals surface area contributed by atoms with Gasteiger partial charge >= 0.3 is 12.1 Å². The van der Waals surface area contributed by atoms with E-state index in [9.17, 15) is 24.3 Å². The highest BCUT2D eigenvalue weighted by Gasteiger charge is 2.18. The van der Waals surface area contributed by atoms with Crippen molar-refractivity contribution in [3.8, 4) is 0 Å². The number of rotatable bonds is 4. The van der Waals surface area contributed by atoms with Crippen molar-refractivity contribution in [2.75, 3.05) is 13.7 Å². The number of fused-ring (bicyclic) bond motifs is 3. The van der Waals surface area contributed by atoms with Crippen LogP contribution in [-0.4, -0.2) is 51.6 Å². The van der Waals surface area contributed by atoms with Crippen molar-refractivity contribution in [3.05, 3.63) is 52.0 Å². The molecule has 144 valence electrons. The Morgan fingerprint density at radius 1 is 1.29 bits per heavy atom. The van der Waals surface area contributed by atoms with Gasteiger partial charge in [0, 0.05) is 35.1 Å². The molecule has 0 radical (unpaired) electrons. The predicted molar refractivity (Wildman–Crippen MR) is 102 cm³/mol. The zero-order valence-electron chi connectivity index (χ0n) is 15.1. The fourth-order valence-electron chi connectivity index (χ4n) is 2.96. The highest BCUT2D eigenvalue weighted by molar-refractivity contribution is 6.15. The first-order chi connectivity index (χ1) is 13.4. The number of carboxylic acid groups (broad SMARTS) is 1. The predicted octanol–water partition coefficient (Wildman–Crippen LogP) is 2.34. The maximum absolute atomic E-state index is 12.2. The van der Waals surface area contributed by atoms with Crippen LogP contribution < -0.4 is 5.56 Å². The second-order valence-electron chi connectivity index (χ2n) is 5.90. The molecule has 2 heterocycles. The molecule has 0 aliphatic heterocycles. The fourth-order valence-corrected chi connectivity index (χ4v) is 2.96. The van der Waals surface area contributed by atoms with Crippen LogP contribution in [0.15, 0.2) is 35.3 Å². The summed E-state index contributed by atoms with van der Waals surface area (Å²) in [4.78, 5) is 53.7. The first-order valence-corrected chi connectivity index (χ1v) is 8.35. The van der Waals surface area contributed by atoms with Crippen molar-refractivity contribution < 1.29 is 24.2 Å². The Kier molecular flexibility index (Phi) is 4.99. The Morgan fingerprint density at radius 3 is 2.68 bits per heavy atom. The van der Waals surface area contributed by atoms with Crippen LogP contribution in [-0.2, 0) is 9.53 Å². The van der Waals surface area contributed by atoms with E-state index >= 15 is 0 Å². The van der Waals surface area contributed by atoms with Gasteiger partial charge in [-0.2, -0.15) is 0 Å². The average Bonchev–Trinajstić information content (AvgIpc) is 3.13. The number of benzene rings is 1. The molecule has 2 aromatic heterocycles. The van der Waals surface area contributed by atoms with Crippen molar-refractivity contribution in [3.63, 3.8) is 0 Å². The van der Waals surface area contributed by atoms with Crippen LogP contribution in [0.5, 0.6) is 0 Å². The van der Waals surface area contributed by atoms with Crippen LogP contribution in [0.3, 0.4) is 0 Å². The summed E-state index contributed by atoms with van der Waals surface area (Å²) in [6.07, 6.45) is 3.23. The molecule has 0 aliphatic carbocycles. The molecule has 28 heavy (non-hydrogen) atoms. The number of imide groups is 1. The lowest BCUT2D eigenvalue weighted by Gasteiger charge is -2.14. The normalized spacial score (nSPS) is 11.2. The number of aromatic carboxylic acids is 1. The van der Waals surface area contributed by atoms with Crippen LogP contribution in [0, 0.1) is 0 Å². The second kappa shape index (κ2) is 7.39. The summed E-state index contributed by atoms with van der Waals surface area (Å²) in [6.45, 7) is 1.80. The lowest BCUT2D eigenvalue weighted by molar-refractivity contribution is -0.124. The minimum absolute atomic E-state index is 0.0221. The van der Waals surface area contributed by atoms with Crippen LogP contribution in [0.4, 0.5) is 4.79 Å². The molecule has 0 bridgehead atoms. The summed E-state index contributed by atoms with van der Waals surface area (Å²) in [5, 5.41) is 10.2. The Labute approximate surface area is 158 Å². The van der Waals surface area contributed by atoms with Crippen molar-refractivity contribution in [2.45, 2.75) is 6.92 Å². The van der Waals surface area contributed by atoms with Crippen LogP contribution in [0.2, 0.25) is 0 Å². The molecule has 0 aliphatic rings. The Bertz CT molecular complexity index is 1190. The second-order valence-corrected chi connectivity index (χ2v) is 5.90. The Hall–Kier alpha value is -3.88. The summed E-state index contributed by atoms with van der Waals surface area (Å²) < 4.78 is 4.56. The number of hydrogen-bond acceptors (Lipinski definition) is 5. The standard InChI is InChI=1S/C19H17N3O6/c1-3-22(19(27)28-2)14(23)7-5-10-4-6-13-11(8-10)15-12(18(25)26)9-20-16(15)17(24)21-13/h4-9,20H,3H2,1-2H3,(H,21,24)(H,25,26).